The number of ether oxygens (including phenoxy) is 1. The van der Waals surface area contributed by atoms with Crippen molar-refractivity contribution in [2.45, 2.75) is 19.3 Å². The summed E-state index contributed by atoms with van der Waals surface area (Å²) in [6.45, 7) is 0. The normalized spacial score (nSPS) is 11.5. The molecule has 7 nitrogen and oxygen atoms in total. The molecule has 9 heteroatoms. The third-order valence-corrected chi connectivity index (χ3v) is 4.84. The Balaban J connectivity index is 1.71. The van der Waals surface area contributed by atoms with Crippen molar-refractivity contribution in [3.63, 3.8) is 0 Å². The highest BCUT2D eigenvalue weighted by atomic mass is 79.9. The summed E-state index contributed by atoms with van der Waals surface area (Å²) in [6.07, 6.45) is 0.326. The highest BCUT2D eigenvalue weighted by molar-refractivity contribution is 9.10. The van der Waals surface area contributed by atoms with Crippen LogP contribution in [0, 0.1) is 5.82 Å². The Hall–Kier alpha value is -3.07. The third-order valence-electron chi connectivity index (χ3n) is 4.23. The molecule has 0 unspecified atom stereocenters. The van der Waals surface area contributed by atoms with Crippen molar-refractivity contribution in [1.29, 1.82) is 0 Å². The molecule has 0 fully saturated rings. The molecule has 1 heterocycles. The molecule has 0 bridgehead atoms. The van der Waals surface area contributed by atoms with E-state index in [4.69, 9.17) is 9.37 Å². The van der Waals surface area contributed by atoms with Gasteiger partial charge in [0.1, 0.15) is 28.8 Å². The summed E-state index contributed by atoms with van der Waals surface area (Å²) in [5.74, 6) is 0.207. The summed E-state index contributed by atoms with van der Waals surface area (Å²) in [7, 11) is 1.57. The molecule has 0 saturated heterocycles. The molecule has 3 aromatic rings. The van der Waals surface area contributed by atoms with Crippen molar-refractivity contribution in [3.05, 3.63) is 75.3 Å². The standard InChI is InChI=1S/C20H17BrFN3O4/c1-28-15-5-2-12(3-6-15)8-14(26)11-19-20(25-29-24-19)18(23-27)10-13-4-7-17(22)16(21)9-13/h2-7,9,27H,8,10-11H2,1H3. The van der Waals surface area contributed by atoms with Crippen molar-refractivity contribution in [2.75, 3.05) is 7.11 Å². The van der Waals surface area contributed by atoms with E-state index < -0.39 is 5.82 Å². The molecule has 0 amide bonds. The highest BCUT2D eigenvalue weighted by Crippen LogP contribution is 2.19. The van der Waals surface area contributed by atoms with Gasteiger partial charge in [-0.3, -0.25) is 4.79 Å². The van der Waals surface area contributed by atoms with Gasteiger partial charge in [0, 0.05) is 12.8 Å². The van der Waals surface area contributed by atoms with Crippen molar-refractivity contribution in [2.24, 2.45) is 5.16 Å². The number of carbonyl (C=O) groups is 1. The topological polar surface area (TPSA) is 97.8 Å². The monoisotopic (exact) mass is 461 g/mol. The minimum atomic E-state index is -0.399. The number of methoxy groups -OCH3 is 1. The van der Waals surface area contributed by atoms with Crippen molar-refractivity contribution >= 4 is 27.4 Å². The summed E-state index contributed by atoms with van der Waals surface area (Å²) in [5, 5.41) is 20.2. The highest BCUT2D eigenvalue weighted by Gasteiger charge is 2.20. The van der Waals surface area contributed by atoms with Gasteiger partial charge in [-0.1, -0.05) is 28.5 Å². The average Bonchev–Trinajstić information content (AvgIpc) is 3.17. The molecule has 0 aliphatic carbocycles. The first-order valence-corrected chi connectivity index (χ1v) is 9.40. The molecule has 0 aliphatic heterocycles. The summed E-state index contributed by atoms with van der Waals surface area (Å²) >= 11 is 3.12. The number of carbonyl (C=O) groups excluding carboxylic acids is 1. The number of aromatic nitrogens is 2. The van der Waals surface area contributed by atoms with Gasteiger partial charge in [-0.15, -0.1) is 0 Å². The molecule has 0 atom stereocenters. The maximum absolute atomic E-state index is 13.4. The van der Waals surface area contributed by atoms with Gasteiger partial charge in [-0.05, 0) is 56.5 Å². The van der Waals surface area contributed by atoms with Crippen molar-refractivity contribution in [3.8, 4) is 5.75 Å². The second-order valence-corrected chi connectivity index (χ2v) is 7.13. The number of ketones is 1. The van der Waals surface area contributed by atoms with E-state index in [0.717, 1.165) is 5.56 Å². The van der Waals surface area contributed by atoms with E-state index in [1.807, 2.05) is 12.1 Å². The number of nitrogens with zero attached hydrogens (tertiary/aromatic N) is 3. The molecule has 29 heavy (non-hydrogen) atoms. The molecule has 2 aromatic carbocycles. The SMILES string of the molecule is COc1ccc(CC(=O)Cc2nonc2C(Cc2ccc(F)c(Br)c2)=NO)cc1. The van der Waals surface area contributed by atoms with Crippen LogP contribution in [0.1, 0.15) is 22.5 Å². The van der Waals surface area contributed by atoms with E-state index in [1.54, 1.807) is 31.4 Å². The molecule has 3 rings (SSSR count). The molecule has 0 radical (unpaired) electrons. The second-order valence-electron chi connectivity index (χ2n) is 6.27. The fourth-order valence-electron chi connectivity index (χ4n) is 2.77. The first kappa shape index (κ1) is 20.7. The maximum atomic E-state index is 13.4. The lowest BCUT2D eigenvalue weighted by molar-refractivity contribution is -0.117. The number of hydrogen-bond acceptors (Lipinski definition) is 7. The summed E-state index contributed by atoms with van der Waals surface area (Å²) in [4.78, 5) is 12.4. The minimum Gasteiger partial charge on any atom is -0.497 e. The molecule has 1 aromatic heterocycles. The Morgan fingerprint density at radius 1 is 1.14 bits per heavy atom. The maximum Gasteiger partial charge on any atom is 0.156 e. The van der Waals surface area contributed by atoms with Crippen molar-refractivity contribution in [1.82, 2.24) is 10.3 Å². The van der Waals surface area contributed by atoms with Gasteiger partial charge in [0.15, 0.2) is 5.69 Å². The van der Waals surface area contributed by atoms with E-state index >= 15 is 0 Å². The quantitative estimate of drug-likeness (QED) is 0.311. The molecule has 150 valence electrons. The Morgan fingerprint density at radius 3 is 2.52 bits per heavy atom. The Bertz CT molecular complexity index is 1030. The first-order chi connectivity index (χ1) is 14.0. The lowest BCUT2D eigenvalue weighted by Crippen LogP contribution is -2.13. The summed E-state index contributed by atoms with van der Waals surface area (Å²) in [6, 6.07) is 11.6. The molecular weight excluding hydrogens is 445 g/mol. The van der Waals surface area contributed by atoms with Gasteiger partial charge < -0.3 is 9.94 Å². The zero-order chi connectivity index (χ0) is 20.8. The minimum absolute atomic E-state index is 0.0308. The molecule has 0 spiro atoms. The van der Waals surface area contributed by atoms with Crippen LogP contribution >= 0.6 is 15.9 Å². The van der Waals surface area contributed by atoms with Crippen LogP contribution in [-0.2, 0) is 24.1 Å². The lowest BCUT2D eigenvalue weighted by Gasteiger charge is -2.05. The number of benzene rings is 2. The first-order valence-electron chi connectivity index (χ1n) is 8.61. The fraction of sp³-hybridized carbons (Fsp3) is 0.200. The fourth-order valence-corrected chi connectivity index (χ4v) is 3.20. The van der Waals surface area contributed by atoms with Crippen LogP contribution < -0.4 is 4.74 Å². The van der Waals surface area contributed by atoms with Gasteiger partial charge in [0.2, 0.25) is 0 Å². The molecular formula is C20H17BrFN3O4. The average molecular weight is 462 g/mol. The van der Waals surface area contributed by atoms with Crippen molar-refractivity contribution < 1.29 is 23.8 Å². The number of oxime groups is 1. The van der Waals surface area contributed by atoms with Crippen LogP contribution in [0.2, 0.25) is 0 Å². The number of rotatable bonds is 8. The zero-order valence-corrected chi connectivity index (χ0v) is 17.0. The zero-order valence-electron chi connectivity index (χ0n) is 15.4. The van der Waals surface area contributed by atoms with E-state index in [2.05, 4.69) is 31.4 Å². The lowest BCUT2D eigenvalue weighted by atomic mass is 10.0. The Labute approximate surface area is 174 Å². The third kappa shape index (κ3) is 5.26. The van der Waals surface area contributed by atoms with Crippen LogP contribution in [0.4, 0.5) is 4.39 Å². The van der Waals surface area contributed by atoms with E-state index in [1.165, 1.54) is 6.07 Å². The van der Waals surface area contributed by atoms with Gasteiger partial charge in [-0.2, -0.15) is 0 Å². The van der Waals surface area contributed by atoms with Gasteiger partial charge >= 0.3 is 0 Å². The van der Waals surface area contributed by atoms with Crippen LogP contribution in [0.3, 0.4) is 0 Å². The van der Waals surface area contributed by atoms with Gasteiger partial charge in [-0.25, -0.2) is 9.02 Å². The smallest absolute Gasteiger partial charge is 0.156 e. The Morgan fingerprint density at radius 2 is 1.86 bits per heavy atom. The number of halogens is 2. The van der Waals surface area contributed by atoms with E-state index in [-0.39, 0.29) is 42.1 Å². The number of hydrogen-bond donors (Lipinski definition) is 1. The van der Waals surface area contributed by atoms with Crippen LogP contribution in [-0.4, -0.2) is 34.1 Å². The van der Waals surface area contributed by atoms with Crippen LogP contribution in [0.5, 0.6) is 5.75 Å². The van der Waals surface area contributed by atoms with Gasteiger partial charge in [0.25, 0.3) is 0 Å². The molecule has 1 N–H and O–H groups in total. The van der Waals surface area contributed by atoms with E-state index in [0.29, 0.717) is 15.8 Å². The van der Waals surface area contributed by atoms with Gasteiger partial charge in [0.05, 0.1) is 18.0 Å². The molecule has 0 saturated carbocycles. The second kappa shape index (κ2) is 9.42. The number of Topliss-reactive ketones (excluding diaryl/α,β-unsaturated/α-hetero) is 1. The van der Waals surface area contributed by atoms with E-state index in [9.17, 15) is 14.4 Å². The van der Waals surface area contributed by atoms with Crippen LogP contribution in [0.15, 0.2) is 56.7 Å². The predicted molar refractivity (Wildman–Crippen MR) is 106 cm³/mol. The van der Waals surface area contributed by atoms with Crippen LogP contribution in [0.25, 0.3) is 0 Å². The molecule has 0 aliphatic rings. The summed E-state index contributed by atoms with van der Waals surface area (Å²) < 4.78 is 23.6. The summed E-state index contributed by atoms with van der Waals surface area (Å²) in [5.41, 5.74) is 2.15. The predicted octanol–water partition coefficient (Wildman–Crippen LogP) is 3.76. The largest absolute Gasteiger partial charge is 0.497 e. The Kier molecular flexibility index (Phi) is 6.71.